The van der Waals surface area contributed by atoms with Crippen LogP contribution in [0.2, 0.25) is 0 Å². The van der Waals surface area contributed by atoms with E-state index in [1.807, 2.05) is 32.0 Å². The van der Waals surface area contributed by atoms with Crippen molar-refractivity contribution < 1.29 is 9.90 Å². The molecule has 18 heavy (non-hydrogen) atoms. The maximum absolute atomic E-state index is 11.6. The molecule has 0 bridgehead atoms. The predicted molar refractivity (Wildman–Crippen MR) is 68.9 cm³/mol. The Morgan fingerprint density at radius 3 is 2.50 bits per heavy atom. The Morgan fingerprint density at radius 1 is 1.17 bits per heavy atom. The van der Waals surface area contributed by atoms with E-state index >= 15 is 0 Å². The third-order valence-corrected chi connectivity index (χ3v) is 2.82. The van der Waals surface area contributed by atoms with Gasteiger partial charge in [0.2, 0.25) is 0 Å². The molecule has 4 heteroatoms. The van der Waals surface area contributed by atoms with Crippen molar-refractivity contribution in [3.05, 3.63) is 57.4 Å². The summed E-state index contributed by atoms with van der Waals surface area (Å²) in [6.07, 6.45) is 0. The number of carbonyl (C=O) groups is 1. The van der Waals surface area contributed by atoms with Gasteiger partial charge in [-0.15, -0.1) is 0 Å². The zero-order valence-corrected chi connectivity index (χ0v) is 10.2. The summed E-state index contributed by atoms with van der Waals surface area (Å²) in [6, 6.07) is 8.86. The van der Waals surface area contributed by atoms with E-state index < -0.39 is 11.5 Å². The van der Waals surface area contributed by atoms with Crippen molar-refractivity contribution in [1.29, 1.82) is 0 Å². The lowest BCUT2D eigenvalue weighted by Crippen LogP contribution is -2.17. The summed E-state index contributed by atoms with van der Waals surface area (Å²) in [5.74, 6) is -1.22. The number of aromatic nitrogens is 1. The SMILES string of the molecule is Cc1ccc(C)c(-c2ccc(C(=O)O)c(=O)[nH]2)c1. The number of rotatable bonds is 2. The Kier molecular flexibility index (Phi) is 3.02. The molecule has 1 heterocycles. The number of carboxylic acids is 1. The summed E-state index contributed by atoms with van der Waals surface area (Å²) in [6.45, 7) is 3.91. The van der Waals surface area contributed by atoms with Gasteiger partial charge in [-0.05, 0) is 37.6 Å². The summed E-state index contributed by atoms with van der Waals surface area (Å²) in [4.78, 5) is 25.0. The van der Waals surface area contributed by atoms with Crippen molar-refractivity contribution in [3.8, 4) is 11.3 Å². The number of aromatic amines is 1. The molecule has 0 aliphatic carbocycles. The van der Waals surface area contributed by atoms with E-state index in [4.69, 9.17) is 5.11 Å². The van der Waals surface area contributed by atoms with Gasteiger partial charge in [-0.25, -0.2) is 4.79 Å². The number of aromatic carboxylic acids is 1. The fourth-order valence-electron chi connectivity index (χ4n) is 1.83. The maximum Gasteiger partial charge on any atom is 0.341 e. The van der Waals surface area contributed by atoms with Crippen LogP contribution in [0.5, 0.6) is 0 Å². The van der Waals surface area contributed by atoms with Crippen LogP contribution in [0.1, 0.15) is 21.5 Å². The number of nitrogens with one attached hydrogen (secondary N) is 1. The van der Waals surface area contributed by atoms with Gasteiger partial charge in [0.25, 0.3) is 5.56 Å². The minimum atomic E-state index is -1.22. The molecule has 2 rings (SSSR count). The first kappa shape index (κ1) is 12.1. The number of pyridine rings is 1. The summed E-state index contributed by atoms with van der Waals surface area (Å²) in [5.41, 5.74) is 2.82. The van der Waals surface area contributed by atoms with Crippen LogP contribution in [0, 0.1) is 13.8 Å². The van der Waals surface area contributed by atoms with Gasteiger partial charge < -0.3 is 10.1 Å². The Bertz CT molecular complexity index is 671. The fraction of sp³-hybridized carbons (Fsp3) is 0.143. The lowest BCUT2D eigenvalue weighted by Gasteiger charge is -2.07. The zero-order chi connectivity index (χ0) is 13.3. The summed E-state index contributed by atoms with van der Waals surface area (Å²) >= 11 is 0. The van der Waals surface area contributed by atoms with Crippen LogP contribution in [0.15, 0.2) is 35.1 Å². The van der Waals surface area contributed by atoms with Gasteiger partial charge in [-0.1, -0.05) is 17.7 Å². The molecule has 2 aromatic rings. The van der Waals surface area contributed by atoms with E-state index in [-0.39, 0.29) is 5.56 Å². The molecule has 0 fully saturated rings. The summed E-state index contributed by atoms with van der Waals surface area (Å²) in [5, 5.41) is 8.81. The van der Waals surface area contributed by atoms with Gasteiger partial charge in [0.15, 0.2) is 0 Å². The van der Waals surface area contributed by atoms with Crippen LogP contribution >= 0.6 is 0 Å². The normalized spacial score (nSPS) is 10.3. The molecule has 0 atom stereocenters. The Hall–Kier alpha value is -2.36. The van der Waals surface area contributed by atoms with Gasteiger partial charge >= 0.3 is 5.97 Å². The first-order chi connectivity index (χ1) is 8.49. The van der Waals surface area contributed by atoms with E-state index in [1.165, 1.54) is 6.07 Å². The van der Waals surface area contributed by atoms with Crippen LogP contribution in [0.4, 0.5) is 0 Å². The molecule has 0 unspecified atom stereocenters. The molecule has 0 radical (unpaired) electrons. The molecule has 1 aromatic carbocycles. The van der Waals surface area contributed by atoms with Gasteiger partial charge in [0, 0.05) is 11.3 Å². The third kappa shape index (κ3) is 2.18. The second-order valence-electron chi connectivity index (χ2n) is 4.24. The molecule has 4 nitrogen and oxygen atoms in total. The molecule has 0 saturated carbocycles. The minimum Gasteiger partial charge on any atom is -0.477 e. The van der Waals surface area contributed by atoms with Crippen molar-refractivity contribution in [3.63, 3.8) is 0 Å². The predicted octanol–water partition coefficient (Wildman–Crippen LogP) is 2.36. The van der Waals surface area contributed by atoms with Crippen LogP contribution < -0.4 is 5.56 Å². The summed E-state index contributed by atoms with van der Waals surface area (Å²) in [7, 11) is 0. The highest BCUT2D eigenvalue weighted by atomic mass is 16.4. The Morgan fingerprint density at radius 2 is 1.89 bits per heavy atom. The van der Waals surface area contributed by atoms with E-state index in [0.29, 0.717) is 5.69 Å². The Labute approximate surface area is 104 Å². The first-order valence-corrected chi connectivity index (χ1v) is 5.53. The zero-order valence-electron chi connectivity index (χ0n) is 10.2. The third-order valence-electron chi connectivity index (χ3n) is 2.82. The van der Waals surface area contributed by atoms with Crippen LogP contribution in [0.25, 0.3) is 11.3 Å². The van der Waals surface area contributed by atoms with Crippen LogP contribution in [-0.2, 0) is 0 Å². The largest absolute Gasteiger partial charge is 0.477 e. The number of aryl methyl sites for hydroxylation is 2. The molecule has 0 aliphatic heterocycles. The molecule has 2 N–H and O–H groups in total. The van der Waals surface area contributed by atoms with E-state index in [0.717, 1.165) is 16.7 Å². The average molecular weight is 243 g/mol. The highest BCUT2D eigenvalue weighted by Crippen LogP contribution is 2.21. The van der Waals surface area contributed by atoms with E-state index in [1.54, 1.807) is 6.07 Å². The average Bonchev–Trinajstić information content (AvgIpc) is 2.31. The first-order valence-electron chi connectivity index (χ1n) is 5.53. The van der Waals surface area contributed by atoms with Gasteiger partial charge in [-0.3, -0.25) is 4.79 Å². The molecular formula is C14H13NO3. The molecule has 0 saturated heterocycles. The van der Waals surface area contributed by atoms with E-state index in [2.05, 4.69) is 4.98 Å². The van der Waals surface area contributed by atoms with Crippen molar-refractivity contribution in [2.45, 2.75) is 13.8 Å². The second kappa shape index (κ2) is 4.49. The van der Waals surface area contributed by atoms with Crippen molar-refractivity contribution in [2.75, 3.05) is 0 Å². The highest BCUT2D eigenvalue weighted by Gasteiger charge is 2.10. The molecular weight excluding hydrogens is 230 g/mol. The highest BCUT2D eigenvalue weighted by molar-refractivity contribution is 5.87. The monoisotopic (exact) mass is 243 g/mol. The molecule has 0 spiro atoms. The summed E-state index contributed by atoms with van der Waals surface area (Å²) < 4.78 is 0. The fourth-order valence-corrected chi connectivity index (χ4v) is 1.83. The van der Waals surface area contributed by atoms with Crippen molar-refractivity contribution >= 4 is 5.97 Å². The number of hydrogen-bond donors (Lipinski definition) is 2. The van der Waals surface area contributed by atoms with E-state index in [9.17, 15) is 9.59 Å². The molecule has 0 amide bonds. The lowest BCUT2D eigenvalue weighted by molar-refractivity contribution is 0.0695. The standard InChI is InChI=1S/C14H13NO3/c1-8-3-4-9(2)11(7-8)12-6-5-10(14(17)18)13(16)15-12/h3-7H,1-2H3,(H,15,16)(H,17,18). The van der Waals surface area contributed by atoms with Crippen LogP contribution in [-0.4, -0.2) is 16.1 Å². The number of H-pyrrole nitrogens is 1. The van der Waals surface area contributed by atoms with Crippen LogP contribution in [0.3, 0.4) is 0 Å². The number of benzene rings is 1. The molecule has 92 valence electrons. The Balaban J connectivity index is 2.59. The molecule has 0 aliphatic rings. The lowest BCUT2D eigenvalue weighted by atomic mass is 10.0. The number of hydrogen-bond acceptors (Lipinski definition) is 2. The maximum atomic E-state index is 11.6. The quantitative estimate of drug-likeness (QED) is 0.850. The van der Waals surface area contributed by atoms with Gasteiger partial charge in [-0.2, -0.15) is 0 Å². The van der Waals surface area contributed by atoms with Crippen molar-refractivity contribution in [1.82, 2.24) is 4.98 Å². The topological polar surface area (TPSA) is 70.2 Å². The minimum absolute atomic E-state index is 0.246. The van der Waals surface area contributed by atoms with Gasteiger partial charge in [0.1, 0.15) is 5.56 Å². The second-order valence-corrected chi connectivity index (χ2v) is 4.24. The van der Waals surface area contributed by atoms with Gasteiger partial charge in [0.05, 0.1) is 0 Å². The number of carboxylic acid groups (broad SMARTS) is 1. The smallest absolute Gasteiger partial charge is 0.341 e. The van der Waals surface area contributed by atoms with Crippen molar-refractivity contribution in [2.24, 2.45) is 0 Å². The molecule has 1 aromatic heterocycles.